The highest BCUT2D eigenvalue weighted by Crippen LogP contribution is 2.43. The predicted octanol–water partition coefficient (Wildman–Crippen LogP) is 12.2. The first-order valence-electron chi connectivity index (χ1n) is 16.4. The number of benzene rings is 6. The Labute approximate surface area is 287 Å². The topological polar surface area (TPSA) is 33.4 Å². The van der Waals surface area contributed by atoms with Crippen molar-refractivity contribution < 1.29 is 0 Å². The second-order valence-corrected chi connectivity index (χ2v) is 13.2. The van der Waals surface area contributed by atoms with Gasteiger partial charge in [0.1, 0.15) is 11.2 Å². The van der Waals surface area contributed by atoms with E-state index < -0.39 is 0 Å². The summed E-state index contributed by atoms with van der Waals surface area (Å²) in [6.07, 6.45) is 1.68. The molecule has 5 heteroatoms. The van der Waals surface area contributed by atoms with Gasteiger partial charge in [-0.1, -0.05) is 84.9 Å². The van der Waals surface area contributed by atoms with Crippen molar-refractivity contribution in [1.29, 1.82) is 0 Å². The number of nitrogens with zero attached hydrogens (tertiary/aromatic N) is 4. The minimum atomic E-state index is 0.880. The summed E-state index contributed by atoms with van der Waals surface area (Å²) >= 11 is 1.81. The van der Waals surface area contributed by atoms with E-state index in [-0.39, 0.29) is 0 Å². The average molecular weight is 645 g/mol. The molecule has 0 radical (unpaired) electrons. The number of hydrogen-bond acceptors (Lipinski definition) is 4. The molecule has 0 fully saturated rings. The van der Waals surface area contributed by atoms with Crippen molar-refractivity contribution in [2.75, 3.05) is 4.90 Å². The molecule has 4 nitrogen and oxygen atoms in total. The van der Waals surface area contributed by atoms with Crippen molar-refractivity contribution in [3.05, 3.63) is 169 Å². The van der Waals surface area contributed by atoms with Crippen LogP contribution in [0.15, 0.2) is 169 Å². The molecule has 0 atom stereocenters. The first-order chi connectivity index (χ1) is 24.3. The van der Waals surface area contributed by atoms with Gasteiger partial charge in [-0.3, -0.25) is 4.40 Å². The first kappa shape index (κ1) is 27.8. The van der Waals surface area contributed by atoms with Crippen LogP contribution in [0.4, 0.5) is 17.1 Å². The second-order valence-electron chi connectivity index (χ2n) is 12.3. The van der Waals surface area contributed by atoms with E-state index in [0.29, 0.717) is 0 Å². The van der Waals surface area contributed by atoms with Crippen LogP contribution in [0.2, 0.25) is 0 Å². The summed E-state index contributed by atoms with van der Waals surface area (Å²) in [4.78, 5) is 13.1. The van der Waals surface area contributed by atoms with E-state index in [1.54, 1.807) is 6.33 Å². The summed E-state index contributed by atoms with van der Waals surface area (Å²) in [7, 11) is 0. The molecule has 0 N–H and O–H groups in total. The van der Waals surface area contributed by atoms with Crippen LogP contribution in [0.1, 0.15) is 0 Å². The van der Waals surface area contributed by atoms with Crippen LogP contribution < -0.4 is 4.90 Å². The van der Waals surface area contributed by atoms with Gasteiger partial charge in [-0.2, -0.15) is 0 Å². The van der Waals surface area contributed by atoms with Crippen LogP contribution in [-0.4, -0.2) is 14.4 Å². The lowest BCUT2D eigenvalue weighted by molar-refractivity contribution is 1.17. The van der Waals surface area contributed by atoms with Gasteiger partial charge >= 0.3 is 0 Å². The van der Waals surface area contributed by atoms with E-state index in [9.17, 15) is 0 Å². The second kappa shape index (κ2) is 11.2. The molecular formula is C44H28N4S. The lowest BCUT2D eigenvalue weighted by Crippen LogP contribution is -2.09. The third kappa shape index (κ3) is 4.51. The molecule has 0 amide bonds. The van der Waals surface area contributed by atoms with Gasteiger partial charge in [-0.25, -0.2) is 9.97 Å². The van der Waals surface area contributed by atoms with Gasteiger partial charge in [-0.05, 0) is 89.3 Å². The van der Waals surface area contributed by atoms with Gasteiger partial charge in [-0.15, -0.1) is 11.3 Å². The molecule has 0 unspecified atom stereocenters. The maximum Gasteiger partial charge on any atom is 0.116 e. The minimum absolute atomic E-state index is 0.880. The van der Waals surface area contributed by atoms with Gasteiger partial charge in [0, 0.05) is 49.7 Å². The molecule has 0 saturated carbocycles. The third-order valence-electron chi connectivity index (χ3n) is 9.49. The Morgan fingerprint density at radius 3 is 1.82 bits per heavy atom. The summed E-state index contributed by atoms with van der Waals surface area (Å²) in [5.41, 5.74) is 12.1. The summed E-state index contributed by atoms with van der Waals surface area (Å²) in [5, 5.41) is 7.40. The van der Waals surface area contributed by atoms with E-state index in [1.807, 2.05) is 23.5 Å². The molecule has 4 aromatic heterocycles. The number of para-hydroxylation sites is 3. The Balaban J connectivity index is 1.05. The molecule has 0 spiro atoms. The van der Waals surface area contributed by atoms with Crippen molar-refractivity contribution in [2.24, 2.45) is 0 Å². The van der Waals surface area contributed by atoms with Crippen molar-refractivity contribution in [2.45, 2.75) is 0 Å². The Morgan fingerprint density at radius 2 is 1.06 bits per heavy atom. The summed E-state index contributed by atoms with van der Waals surface area (Å²) in [6, 6.07) is 56.1. The lowest BCUT2D eigenvalue weighted by Gasteiger charge is -2.25. The Bertz CT molecular complexity index is 2740. The van der Waals surface area contributed by atoms with E-state index in [4.69, 9.17) is 9.97 Å². The molecule has 0 aliphatic heterocycles. The molecule has 0 aliphatic carbocycles. The summed E-state index contributed by atoms with van der Waals surface area (Å²) < 4.78 is 2.44. The molecule has 10 rings (SSSR count). The van der Waals surface area contributed by atoms with Crippen LogP contribution in [0.25, 0.3) is 71.1 Å². The minimum Gasteiger partial charge on any atom is -0.310 e. The summed E-state index contributed by atoms with van der Waals surface area (Å²) in [6.45, 7) is 0. The van der Waals surface area contributed by atoms with E-state index in [2.05, 4.69) is 160 Å². The van der Waals surface area contributed by atoms with E-state index >= 15 is 0 Å². The zero-order valence-corrected chi connectivity index (χ0v) is 27.2. The third-order valence-corrected chi connectivity index (χ3v) is 10.4. The van der Waals surface area contributed by atoms with Gasteiger partial charge in [0.05, 0.1) is 22.4 Å². The SMILES string of the molecule is c1ccc(N(c2ccccc2)c2cccc(-c3cc(-c4cccc(-c5cc6c7ccccc7n7c8sccc8c(c5)c67)c4)ncn3)c2)cc1. The van der Waals surface area contributed by atoms with Crippen LogP contribution in [-0.2, 0) is 0 Å². The normalized spacial score (nSPS) is 11.7. The molecule has 6 aromatic carbocycles. The Hall–Kier alpha value is -6.30. The monoisotopic (exact) mass is 644 g/mol. The fourth-order valence-corrected chi connectivity index (χ4v) is 8.23. The average Bonchev–Trinajstić information content (AvgIpc) is 3.87. The number of aromatic nitrogens is 3. The van der Waals surface area contributed by atoms with Crippen LogP contribution >= 0.6 is 11.3 Å². The molecule has 230 valence electrons. The zero-order chi connectivity index (χ0) is 32.3. The van der Waals surface area contributed by atoms with Crippen LogP contribution in [0.3, 0.4) is 0 Å². The van der Waals surface area contributed by atoms with Gasteiger partial charge in [0.25, 0.3) is 0 Å². The fourth-order valence-electron chi connectivity index (χ4n) is 7.30. The standard InChI is InChI=1S/C44H28N4S/c1-3-14-33(15-4-1)47(34-16-5-2-6-17-34)35-18-10-13-31(24-35)41-27-40(45-28-46-41)30-12-9-11-29(23-30)32-25-38-36-19-7-8-20-42(36)48-43(38)39(26-32)37-21-22-49-44(37)48/h1-28H. The number of fused-ring (bicyclic) bond motifs is 6. The van der Waals surface area contributed by atoms with Crippen molar-refractivity contribution >= 4 is 65.8 Å². The molecule has 0 aliphatic rings. The van der Waals surface area contributed by atoms with Crippen molar-refractivity contribution in [3.63, 3.8) is 0 Å². The highest BCUT2D eigenvalue weighted by atomic mass is 32.1. The molecule has 10 aromatic rings. The van der Waals surface area contributed by atoms with E-state index in [1.165, 1.54) is 48.5 Å². The molecule has 0 saturated heterocycles. The number of rotatable bonds is 6. The van der Waals surface area contributed by atoms with Gasteiger partial charge < -0.3 is 4.90 Å². The maximum atomic E-state index is 4.75. The van der Waals surface area contributed by atoms with Crippen LogP contribution in [0, 0.1) is 0 Å². The van der Waals surface area contributed by atoms with Crippen molar-refractivity contribution in [3.8, 4) is 33.6 Å². The van der Waals surface area contributed by atoms with E-state index in [0.717, 1.165) is 39.6 Å². The largest absolute Gasteiger partial charge is 0.310 e. The predicted molar refractivity (Wildman–Crippen MR) is 206 cm³/mol. The fraction of sp³-hybridized carbons (Fsp3) is 0. The molecule has 4 heterocycles. The highest BCUT2D eigenvalue weighted by molar-refractivity contribution is 7.17. The smallest absolute Gasteiger partial charge is 0.116 e. The highest BCUT2D eigenvalue weighted by Gasteiger charge is 2.20. The number of anilines is 3. The van der Waals surface area contributed by atoms with Crippen LogP contribution in [0.5, 0.6) is 0 Å². The summed E-state index contributed by atoms with van der Waals surface area (Å²) in [5.74, 6) is 0. The quantitative estimate of drug-likeness (QED) is 0.181. The van der Waals surface area contributed by atoms with Gasteiger partial charge in [0.2, 0.25) is 0 Å². The number of hydrogen-bond donors (Lipinski definition) is 0. The molecular weight excluding hydrogens is 617 g/mol. The Kier molecular flexibility index (Phi) is 6.32. The van der Waals surface area contributed by atoms with Crippen molar-refractivity contribution in [1.82, 2.24) is 14.4 Å². The number of thiophene rings is 1. The molecule has 49 heavy (non-hydrogen) atoms. The Morgan fingerprint density at radius 1 is 0.449 bits per heavy atom. The first-order valence-corrected chi connectivity index (χ1v) is 17.3. The van der Waals surface area contributed by atoms with Gasteiger partial charge in [0.15, 0.2) is 0 Å². The zero-order valence-electron chi connectivity index (χ0n) is 26.4. The maximum absolute atomic E-state index is 4.75. The molecule has 0 bridgehead atoms. The lowest BCUT2D eigenvalue weighted by atomic mass is 9.97.